The number of hydrogen-bond acceptors (Lipinski definition) is 6. The summed E-state index contributed by atoms with van der Waals surface area (Å²) in [5, 5.41) is 2.90. The largest absolute Gasteiger partial charge is 0.492 e. The molecule has 0 saturated heterocycles. The lowest BCUT2D eigenvalue weighted by atomic mass is 10.0. The van der Waals surface area contributed by atoms with E-state index in [0.29, 0.717) is 0 Å². The van der Waals surface area contributed by atoms with Crippen molar-refractivity contribution in [1.82, 2.24) is 10.2 Å². The maximum absolute atomic E-state index is 15.1. The number of ether oxygens (including phenoxy) is 1. The molecule has 11 heteroatoms. The Morgan fingerprint density at radius 2 is 1.53 bits per heavy atom. The fourth-order valence-corrected chi connectivity index (χ4v) is 6.91. The van der Waals surface area contributed by atoms with Gasteiger partial charge in [0, 0.05) is 29.5 Å². The number of amides is 2. The quantitative estimate of drug-likeness (QED) is 0.148. The second-order valence-electron chi connectivity index (χ2n) is 11.1. The normalized spacial score (nSPS) is 12.0. The van der Waals surface area contributed by atoms with Crippen LogP contribution in [-0.2, 0) is 32.6 Å². The average molecular weight is 678 g/mol. The minimum absolute atomic E-state index is 0.0200. The smallest absolute Gasteiger partial charge is 0.264 e. The zero-order valence-corrected chi connectivity index (χ0v) is 28.6. The molecule has 0 aliphatic carbocycles. The summed E-state index contributed by atoms with van der Waals surface area (Å²) in [4.78, 5) is 30.5. The first-order valence-electron chi connectivity index (χ1n) is 15.3. The van der Waals surface area contributed by atoms with Gasteiger partial charge < -0.3 is 15.0 Å². The summed E-state index contributed by atoms with van der Waals surface area (Å²) in [5.41, 5.74) is 1.13. The number of carbonyl (C=O) groups is 2. The van der Waals surface area contributed by atoms with E-state index < -0.39 is 40.2 Å². The molecule has 0 aliphatic heterocycles. The summed E-state index contributed by atoms with van der Waals surface area (Å²) in [6.45, 7) is 4.71. The molecule has 0 fully saturated rings. The molecule has 248 valence electrons. The number of benzene rings is 4. The molecule has 4 rings (SSSR count). The third-order valence-electron chi connectivity index (χ3n) is 7.36. The number of anilines is 1. The third-order valence-corrected chi connectivity index (χ3v) is 9.88. The Balaban J connectivity index is 1.85. The molecule has 0 radical (unpaired) electrons. The highest BCUT2D eigenvalue weighted by Gasteiger charge is 2.36. The van der Waals surface area contributed by atoms with E-state index in [1.54, 1.807) is 61.5 Å². The second kappa shape index (κ2) is 16.5. The Hall–Kier alpha value is -4.35. The molecular formula is C36H40FN3O5S2. The summed E-state index contributed by atoms with van der Waals surface area (Å²) in [5.74, 6) is -1.41. The molecule has 47 heavy (non-hydrogen) atoms. The molecule has 1 N–H and O–H groups in total. The van der Waals surface area contributed by atoms with Crippen LogP contribution < -0.4 is 14.4 Å². The Bertz CT molecular complexity index is 1750. The molecule has 0 aromatic heterocycles. The van der Waals surface area contributed by atoms with Crippen molar-refractivity contribution in [3.8, 4) is 5.75 Å². The van der Waals surface area contributed by atoms with Gasteiger partial charge in [-0.1, -0.05) is 60.7 Å². The van der Waals surface area contributed by atoms with E-state index in [0.717, 1.165) is 14.8 Å². The van der Waals surface area contributed by atoms with E-state index in [4.69, 9.17) is 4.74 Å². The van der Waals surface area contributed by atoms with Gasteiger partial charge in [0.25, 0.3) is 10.0 Å². The SMILES string of the molecule is CCOc1ccccc1N(CC(=O)N(Cc1ccccc1F)[C@@H](Cc1ccccc1)C(=O)NC(C)C)S(=O)(=O)c1ccc(SC)cc1. The number of nitrogens with zero attached hydrogens (tertiary/aromatic N) is 2. The van der Waals surface area contributed by atoms with Gasteiger partial charge in [0.1, 0.15) is 24.2 Å². The van der Waals surface area contributed by atoms with E-state index in [1.165, 1.54) is 34.9 Å². The zero-order chi connectivity index (χ0) is 34.0. The van der Waals surface area contributed by atoms with Gasteiger partial charge in [-0.25, -0.2) is 12.8 Å². The van der Waals surface area contributed by atoms with Crippen molar-refractivity contribution in [3.05, 3.63) is 120 Å². The Kier molecular flexibility index (Phi) is 12.4. The van der Waals surface area contributed by atoms with Gasteiger partial charge in [-0.3, -0.25) is 13.9 Å². The average Bonchev–Trinajstić information content (AvgIpc) is 3.06. The number of rotatable bonds is 15. The van der Waals surface area contributed by atoms with E-state index >= 15 is 4.39 Å². The van der Waals surface area contributed by atoms with Crippen molar-refractivity contribution in [2.75, 3.05) is 23.7 Å². The van der Waals surface area contributed by atoms with Crippen LogP contribution in [-0.4, -0.2) is 56.6 Å². The maximum Gasteiger partial charge on any atom is 0.264 e. The summed E-state index contributed by atoms with van der Waals surface area (Å²) in [7, 11) is -4.33. The minimum Gasteiger partial charge on any atom is -0.492 e. The first kappa shape index (κ1) is 35.5. The van der Waals surface area contributed by atoms with Gasteiger partial charge in [0.2, 0.25) is 11.8 Å². The van der Waals surface area contributed by atoms with Crippen LogP contribution in [0.5, 0.6) is 5.75 Å². The molecule has 0 unspecified atom stereocenters. The number of hydrogen-bond donors (Lipinski definition) is 1. The van der Waals surface area contributed by atoms with Crippen molar-refractivity contribution >= 4 is 39.3 Å². The van der Waals surface area contributed by atoms with E-state index in [2.05, 4.69) is 5.32 Å². The maximum atomic E-state index is 15.1. The minimum atomic E-state index is -4.33. The lowest BCUT2D eigenvalue weighted by Gasteiger charge is -2.34. The van der Waals surface area contributed by atoms with Crippen molar-refractivity contribution in [2.45, 2.75) is 55.6 Å². The van der Waals surface area contributed by atoms with Gasteiger partial charge in [-0.2, -0.15) is 0 Å². The monoisotopic (exact) mass is 677 g/mol. The third kappa shape index (κ3) is 9.14. The number of nitrogens with one attached hydrogen (secondary N) is 1. The standard InChI is InChI=1S/C36H40FN3O5S2/c1-5-45-34-18-12-11-17-32(34)40(47(43,44)30-21-19-29(46-4)20-22-30)25-35(41)39(24-28-15-9-10-16-31(28)37)33(36(42)38-26(2)3)23-27-13-7-6-8-14-27/h6-22,26,33H,5,23-25H2,1-4H3,(H,38,42)/t33-/m0/s1. The first-order chi connectivity index (χ1) is 22.5. The van der Waals surface area contributed by atoms with Crippen LogP contribution in [0.25, 0.3) is 0 Å². The van der Waals surface area contributed by atoms with Gasteiger partial charge in [-0.15, -0.1) is 11.8 Å². The fraction of sp³-hybridized carbons (Fsp3) is 0.278. The lowest BCUT2D eigenvalue weighted by Crippen LogP contribution is -2.54. The second-order valence-corrected chi connectivity index (χ2v) is 13.8. The van der Waals surface area contributed by atoms with Crippen molar-refractivity contribution in [3.63, 3.8) is 0 Å². The van der Waals surface area contributed by atoms with Crippen LogP contribution in [0.15, 0.2) is 113 Å². The highest BCUT2D eigenvalue weighted by Crippen LogP contribution is 2.33. The molecule has 0 spiro atoms. The lowest BCUT2D eigenvalue weighted by molar-refractivity contribution is -0.140. The van der Waals surface area contributed by atoms with Crippen LogP contribution in [0, 0.1) is 5.82 Å². The summed E-state index contributed by atoms with van der Waals surface area (Å²) in [6.07, 6.45) is 2.01. The van der Waals surface area contributed by atoms with E-state index in [-0.39, 0.29) is 47.5 Å². The van der Waals surface area contributed by atoms with Gasteiger partial charge in [0.15, 0.2) is 0 Å². The van der Waals surface area contributed by atoms with E-state index in [9.17, 15) is 18.0 Å². The Morgan fingerprint density at radius 3 is 2.17 bits per heavy atom. The fourth-order valence-electron chi connectivity index (χ4n) is 5.07. The number of sulfonamides is 1. The molecule has 1 atom stereocenters. The Morgan fingerprint density at radius 1 is 0.894 bits per heavy atom. The molecule has 4 aromatic rings. The number of thioether (sulfide) groups is 1. The topological polar surface area (TPSA) is 96.0 Å². The predicted octanol–water partition coefficient (Wildman–Crippen LogP) is 6.31. The van der Waals surface area contributed by atoms with Crippen molar-refractivity contribution in [2.24, 2.45) is 0 Å². The summed E-state index contributed by atoms with van der Waals surface area (Å²) < 4.78 is 50.6. The summed E-state index contributed by atoms with van der Waals surface area (Å²) in [6, 6.07) is 26.8. The Labute approximate surface area is 281 Å². The van der Waals surface area contributed by atoms with Gasteiger partial charge >= 0.3 is 0 Å². The van der Waals surface area contributed by atoms with Crippen molar-refractivity contribution < 1.29 is 27.1 Å². The zero-order valence-electron chi connectivity index (χ0n) is 26.9. The highest BCUT2D eigenvalue weighted by atomic mass is 32.2. The molecule has 2 amide bonds. The highest BCUT2D eigenvalue weighted by molar-refractivity contribution is 7.98. The van der Waals surface area contributed by atoms with Crippen LogP contribution >= 0.6 is 11.8 Å². The van der Waals surface area contributed by atoms with Gasteiger partial charge in [-0.05, 0) is 75.1 Å². The van der Waals surface area contributed by atoms with E-state index in [1.807, 2.05) is 50.4 Å². The number of halogens is 1. The van der Waals surface area contributed by atoms with Crippen LogP contribution in [0.2, 0.25) is 0 Å². The van der Waals surface area contributed by atoms with Gasteiger partial charge in [0.05, 0.1) is 17.2 Å². The molecule has 4 aromatic carbocycles. The molecule has 0 aliphatic rings. The first-order valence-corrected chi connectivity index (χ1v) is 18.0. The molecule has 0 heterocycles. The molecule has 0 saturated carbocycles. The van der Waals surface area contributed by atoms with Crippen LogP contribution in [0.1, 0.15) is 31.9 Å². The van der Waals surface area contributed by atoms with Crippen LogP contribution in [0.3, 0.4) is 0 Å². The molecular weight excluding hydrogens is 638 g/mol. The predicted molar refractivity (Wildman–Crippen MR) is 185 cm³/mol. The van der Waals surface area contributed by atoms with Crippen LogP contribution in [0.4, 0.5) is 10.1 Å². The molecule has 8 nitrogen and oxygen atoms in total. The number of carbonyl (C=O) groups excluding carboxylic acids is 2. The van der Waals surface area contributed by atoms with Crippen molar-refractivity contribution in [1.29, 1.82) is 0 Å². The molecule has 0 bridgehead atoms. The summed E-state index contributed by atoms with van der Waals surface area (Å²) >= 11 is 1.47. The number of para-hydroxylation sites is 2.